The van der Waals surface area contributed by atoms with Gasteiger partial charge in [0.1, 0.15) is 0 Å². The summed E-state index contributed by atoms with van der Waals surface area (Å²) < 4.78 is 7.29. The smallest absolute Gasteiger partial charge is 0.0616 e. The van der Waals surface area contributed by atoms with Gasteiger partial charge < -0.3 is 4.74 Å². The van der Waals surface area contributed by atoms with Gasteiger partial charge in [-0.1, -0.05) is 132 Å². The molecule has 0 saturated heterocycles. The van der Waals surface area contributed by atoms with Crippen molar-refractivity contribution in [1.29, 1.82) is 0 Å². The molecule has 6 saturated carbocycles. The molecule has 0 spiro atoms. The summed E-state index contributed by atoms with van der Waals surface area (Å²) in [4.78, 5) is 0. The van der Waals surface area contributed by atoms with E-state index in [1.54, 1.807) is 0 Å². The standard InChI is InChI=1S/C58H98O/c1-13-41(37(3)4)17-15-39(7)49-23-25-51-47-21-19-43-35-45(27-31-55(43,9)53(47)29-33-57(49,51)11)59-46-28-32-56(10)44(36-46)20-22-48-52-26-24-50(58(52,12)34-30-54(48)56)40(8)16-18-42(14-2)38(5)6/h19-20,37-42,45-54H,13-18,21-36H2,1-12H3/t39-,40-,41+,42+,45+,46+,47?,48?,49-,50-,51?,52?,53?,54?,55+,56+,57-,58-/m1/s1. The van der Waals surface area contributed by atoms with Crippen LogP contribution in [0, 0.1) is 105 Å². The number of hydrogen-bond donors (Lipinski definition) is 0. The lowest BCUT2D eigenvalue weighted by atomic mass is 9.46. The first-order chi connectivity index (χ1) is 28.1. The van der Waals surface area contributed by atoms with E-state index in [2.05, 4.69) is 95.2 Å². The summed E-state index contributed by atoms with van der Waals surface area (Å²) >= 11 is 0. The Morgan fingerprint density at radius 3 is 1.29 bits per heavy atom. The van der Waals surface area contributed by atoms with Crippen LogP contribution in [0.1, 0.15) is 224 Å². The summed E-state index contributed by atoms with van der Waals surface area (Å²) in [6.45, 7) is 31.0. The molecule has 0 aromatic rings. The lowest BCUT2D eigenvalue weighted by molar-refractivity contribution is -0.0928. The van der Waals surface area contributed by atoms with Gasteiger partial charge in [-0.25, -0.2) is 0 Å². The van der Waals surface area contributed by atoms with Gasteiger partial charge in [0.15, 0.2) is 0 Å². The average Bonchev–Trinajstić information content (AvgIpc) is 3.75. The number of rotatable bonds is 14. The maximum atomic E-state index is 7.29. The first-order valence-electron chi connectivity index (χ1n) is 27.1. The lowest BCUT2D eigenvalue weighted by Gasteiger charge is -2.59. The molecule has 8 rings (SSSR count). The lowest BCUT2D eigenvalue weighted by Crippen LogP contribution is -2.52. The summed E-state index contributed by atoms with van der Waals surface area (Å²) in [5.74, 6) is 12.7. The van der Waals surface area contributed by atoms with Crippen molar-refractivity contribution in [3.8, 4) is 0 Å². The Hall–Kier alpha value is -0.560. The molecule has 0 amide bonds. The Bertz CT molecular complexity index is 1390. The van der Waals surface area contributed by atoms with Crippen molar-refractivity contribution in [2.75, 3.05) is 0 Å². The van der Waals surface area contributed by atoms with Crippen molar-refractivity contribution in [1.82, 2.24) is 0 Å². The van der Waals surface area contributed by atoms with Gasteiger partial charge in [0.25, 0.3) is 0 Å². The largest absolute Gasteiger partial charge is 0.374 e. The quantitative estimate of drug-likeness (QED) is 0.159. The minimum absolute atomic E-state index is 0.421. The van der Waals surface area contributed by atoms with Crippen LogP contribution in [0.25, 0.3) is 0 Å². The maximum absolute atomic E-state index is 7.29. The van der Waals surface area contributed by atoms with Crippen molar-refractivity contribution in [2.24, 2.45) is 105 Å². The summed E-state index contributed by atoms with van der Waals surface area (Å²) in [5, 5.41) is 0. The van der Waals surface area contributed by atoms with Crippen molar-refractivity contribution >= 4 is 0 Å². The number of hydrogen-bond acceptors (Lipinski definition) is 1. The first-order valence-corrected chi connectivity index (χ1v) is 27.1. The fraction of sp³-hybridized carbons (Fsp3) is 0.931. The molecule has 1 nitrogen and oxygen atoms in total. The van der Waals surface area contributed by atoms with Crippen molar-refractivity contribution in [3.05, 3.63) is 23.3 Å². The van der Waals surface area contributed by atoms with E-state index in [0.29, 0.717) is 33.9 Å². The predicted octanol–water partition coefficient (Wildman–Crippen LogP) is 17.1. The van der Waals surface area contributed by atoms with E-state index in [4.69, 9.17) is 4.74 Å². The summed E-state index contributed by atoms with van der Waals surface area (Å²) in [6, 6.07) is 0. The molecule has 0 aromatic heterocycles. The van der Waals surface area contributed by atoms with E-state index in [1.165, 1.54) is 141 Å². The van der Waals surface area contributed by atoms with Crippen LogP contribution < -0.4 is 0 Å². The third-order valence-corrected chi connectivity index (χ3v) is 22.9. The molecular weight excluding hydrogens is 713 g/mol. The van der Waals surface area contributed by atoms with Gasteiger partial charge in [-0.15, -0.1) is 0 Å². The zero-order valence-electron chi connectivity index (χ0n) is 41.4. The Morgan fingerprint density at radius 1 is 0.508 bits per heavy atom. The molecule has 6 unspecified atom stereocenters. The summed E-state index contributed by atoms with van der Waals surface area (Å²) in [5.41, 5.74) is 5.63. The molecule has 0 N–H and O–H groups in total. The van der Waals surface area contributed by atoms with Crippen LogP contribution in [0.3, 0.4) is 0 Å². The molecule has 0 radical (unpaired) electrons. The second-order valence-electron chi connectivity index (χ2n) is 25.8. The molecule has 336 valence electrons. The minimum Gasteiger partial charge on any atom is -0.374 e. The molecule has 0 bridgehead atoms. The number of ether oxygens (including phenoxy) is 1. The van der Waals surface area contributed by atoms with E-state index >= 15 is 0 Å². The van der Waals surface area contributed by atoms with E-state index in [1.807, 2.05) is 11.1 Å². The molecule has 59 heavy (non-hydrogen) atoms. The Balaban J connectivity index is 0.865. The van der Waals surface area contributed by atoms with Gasteiger partial charge in [0, 0.05) is 0 Å². The van der Waals surface area contributed by atoms with Crippen LogP contribution in [0.2, 0.25) is 0 Å². The Labute approximate surface area is 367 Å². The minimum atomic E-state index is 0.421. The van der Waals surface area contributed by atoms with Crippen LogP contribution in [0.4, 0.5) is 0 Å². The second-order valence-corrected chi connectivity index (χ2v) is 25.8. The molecule has 1 heteroatoms. The summed E-state index contributed by atoms with van der Waals surface area (Å²) in [6.07, 6.45) is 37.5. The highest BCUT2D eigenvalue weighted by Crippen LogP contribution is 2.69. The summed E-state index contributed by atoms with van der Waals surface area (Å²) in [7, 11) is 0. The molecule has 0 aliphatic heterocycles. The van der Waals surface area contributed by atoms with Gasteiger partial charge in [0.2, 0.25) is 0 Å². The topological polar surface area (TPSA) is 9.23 Å². The van der Waals surface area contributed by atoms with Crippen LogP contribution in [-0.4, -0.2) is 12.2 Å². The van der Waals surface area contributed by atoms with Crippen molar-refractivity contribution < 1.29 is 4.74 Å². The van der Waals surface area contributed by atoms with Gasteiger partial charge in [-0.3, -0.25) is 0 Å². The predicted molar refractivity (Wildman–Crippen MR) is 253 cm³/mol. The SMILES string of the molecule is CC[C@@H](CC[C@@H](C)[C@H]1CCC2C3CC=C4C[C@@H](O[C@H]5CC[C@@]6(C)C(=CCC7C6CC[C@@]6(C)C7CC[C@@H]6[C@H](C)CC[C@H](CC)C(C)C)C5)CC[C@]4(C)C3CC[C@@]21C)C(C)C. The molecule has 0 aromatic carbocycles. The highest BCUT2D eigenvalue weighted by molar-refractivity contribution is 5.27. The Kier molecular flexibility index (Phi) is 13.3. The van der Waals surface area contributed by atoms with Crippen LogP contribution >= 0.6 is 0 Å². The van der Waals surface area contributed by atoms with E-state index in [-0.39, 0.29) is 0 Å². The van der Waals surface area contributed by atoms with E-state index in [9.17, 15) is 0 Å². The Morgan fingerprint density at radius 2 is 0.915 bits per heavy atom. The molecule has 8 aliphatic rings. The monoisotopic (exact) mass is 811 g/mol. The first kappa shape index (κ1) is 45.0. The highest BCUT2D eigenvalue weighted by Gasteiger charge is 2.61. The van der Waals surface area contributed by atoms with Gasteiger partial charge in [-0.2, -0.15) is 0 Å². The third-order valence-electron chi connectivity index (χ3n) is 22.9. The van der Waals surface area contributed by atoms with Crippen LogP contribution in [0.5, 0.6) is 0 Å². The average molecular weight is 811 g/mol. The van der Waals surface area contributed by atoms with Crippen LogP contribution in [0.15, 0.2) is 23.3 Å². The van der Waals surface area contributed by atoms with Crippen molar-refractivity contribution in [3.63, 3.8) is 0 Å². The number of fused-ring (bicyclic) bond motifs is 10. The maximum Gasteiger partial charge on any atom is 0.0616 e. The fourth-order valence-electron chi connectivity index (χ4n) is 19.1. The van der Waals surface area contributed by atoms with Gasteiger partial charge in [-0.05, 0) is 220 Å². The van der Waals surface area contributed by atoms with E-state index in [0.717, 1.165) is 82.9 Å². The highest BCUT2D eigenvalue weighted by atomic mass is 16.5. The molecular formula is C58H98O. The molecule has 6 fully saturated rings. The third kappa shape index (κ3) is 7.91. The van der Waals surface area contributed by atoms with E-state index < -0.39 is 0 Å². The molecule has 0 heterocycles. The normalized spacial score (nSPS) is 46.2. The second kappa shape index (κ2) is 17.4. The van der Waals surface area contributed by atoms with Crippen LogP contribution in [-0.2, 0) is 4.74 Å². The molecule has 8 aliphatic carbocycles. The molecule has 18 atom stereocenters. The van der Waals surface area contributed by atoms with Gasteiger partial charge >= 0.3 is 0 Å². The fourth-order valence-corrected chi connectivity index (χ4v) is 19.1. The zero-order chi connectivity index (χ0) is 42.1. The van der Waals surface area contributed by atoms with Crippen molar-refractivity contribution in [2.45, 2.75) is 237 Å². The van der Waals surface area contributed by atoms with Gasteiger partial charge in [0.05, 0.1) is 12.2 Å². The zero-order valence-corrected chi connectivity index (χ0v) is 41.4. The number of allylic oxidation sites excluding steroid dienone is 2.